The molecule has 2 rings (SSSR count). The quantitative estimate of drug-likeness (QED) is 0.759. The third-order valence-electron chi connectivity index (χ3n) is 2.37. The Morgan fingerprint density at radius 2 is 2.19 bits per heavy atom. The van der Waals surface area contributed by atoms with Crippen LogP contribution in [0, 0.1) is 9.81 Å². The van der Waals surface area contributed by atoms with Crippen LogP contribution in [0.4, 0.5) is 0 Å². The van der Waals surface area contributed by atoms with Crippen molar-refractivity contribution in [2.24, 2.45) is 0 Å². The van der Waals surface area contributed by atoms with Gasteiger partial charge >= 0.3 is 0 Å². The molecular weight excluding hydrogens is 373 g/mol. The number of rotatable bonds is 3. The van der Waals surface area contributed by atoms with E-state index in [1.54, 1.807) is 22.7 Å². The van der Waals surface area contributed by atoms with Gasteiger partial charge in [0.2, 0.25) is 0 Å². The zero-order valence-electron chi connectivity index (χ0n) is 8.88. The number of nitrogens with one attached hydrogen (secondary N) is 1. The molecule has 0 aliphatic carbocycles. The highest BCUT2D eigenvalue weighted by Crippen LogP contribution is 2.35. The van der Waals surface area contributed by atoms with Crippen LogP contribution in [0.3, 0.4) is 0 Å². The monoisotopic (exact) mass is 383 g/mol. The first-order valence-electron chi connectivity index (χ1n) is 4.79. The fourth-order valence-corrected chi connectivity index (χ4v) is 4.33. The van der Waals surface area contributed by atoms with Crippen LogP contribution in [0.25, 0.3) is 0 Å². The maximum atomic E-state index is 6.11. The van der Waals surface area contributed by atoms with E-state index in [2.05, 4.69) is 45.4 Å². The predicted molar refractivity (Wildman–Crippen MR) is 82.0 cm³/mol. The van der Waals surface area contributed by atoms with Gasteiger partial charge in [0.05, 0.1) is 13.3 Å². The molecule has 2 aromatic rings. The van der Waals surface area contributed by atoms with Crippen molar-refractivity contribution >= 4 is 56.9 Å². The second-order valence-corrected chi connectivity index (χ2v) is 8.00. The topological polar surface area (TPSA) is 12.0 Å². The molecule has 2 aromatic heterocycles. The van der Waals surface area contributed by atoms with E-state index < -0.39 is 0 Å². The summed E-state index contributed by atoms with van der Waals surface area (Å²) in [5, 5.41) is 5.54. The Bertz CT molecular complexity index is 472. The number of hydrogen-bond acceptors (Lipinski definition) is 3. The normalized spacial score (nSPS) is 13.0. The molecule has 0 aliphatic rings. The number of hydrogen-bond donors (Lipinski definition) is 1. The van der Waals surface area contributed by atoms with Crippen molar-refractivity contribution < 1.29 is 0 Å². The van der Waals surface area contributed by atoms with Gasteiger partial charge in [-0.3, -0.25) is 0 Å². The second kappa shape index (κ2) is 5.35. The Labute approximate surface area is 122 Å². The van der Waals surface area contributed by atoms with Crippen LogP contribution in [0.1, 0.15) is 22.0 Å². The van der Waals surface area contributed by atoms with Gasteiger partial charge in [0.15, 0.2) is 0 Å². The van der Waals surface area contributed by atoms with Gasteiger partial charge in [0.1, 0.15) is 0 Å². The van der Waals surface area contributed by atoms with Gasteiger partial charge in [-0.05, 0) is 65.2 Å². The van der Waals surface area contributed by atoms with E-state index in [1.165, 1.54) is 13.3 Å². The second-order valence-electron chi connectivity index (χ2n) is 3.51. The molecule has 0 bridgehead atoms. The highest BCUT2D eigenvalue weighted by Gasteiger charge is 2.16. The van der Waals surface area contributed by atoms with E-state index in [0.717, 1.165) is 9.90 Å². The summed E-state index contributed by atoms with van der Waals surface area (Å²) in [6.45, 7) is 2.05. The summed E-state index contributed by atoms with van der Waals surface area (Å²) in [5.74, 6) is 0. The first kappa shape index (κ1) is 12.8. The third-order valence-corrected chi connectivity index (χ3v) is 5.80. The van der Waals surface area contributed by atoms with Crippen molar-refractivity contribution in [3.63, 3.8) is 0 Å². The molecule has 0 amide bonds. The van der Waals surface area contributed by atoms with Crippen molar-refractivity contribution in [1.29, 1.82) is 0 Å². The highest BCUT2D eigenvalue weighted by atomic mass is 127. The van der Waals surface area contributed by atoms with E-state index in [-0.39, 0.29) is 6.04 Å². The zero-order chi connectivity index (χ0) is 11.7. The van der Waals surface area contributed by atoms with Crippen LogP contribution in [0.2, 0.25) is 4.34 Å². The van der Waals surface area contributed by atoms with Crippen molar-refractivity contribution in [3.05, 3.63) is 40.7 Å². The van der Waals surface area contributed by atoms with Crippen molar-refractivity contribution in [2.75, 3.05) is 7.05 Å². The highest BCUT2D eigenvalue weighted by molar-refractivity contribution is 14.1. The first-order valence-corrected chi connectivity index (χ1v) is 7.94. The van der Waals surface area contributed by atoms with E-state index in [4.69, 9.17) is 11.6 Å². The molecule has 0 radical (unpaired) electrons. The van der Waals surface area contributed by atoms with Gasteiger partial charge in [-0.25, -0.2) is 0 Å². The molecule has 0 aliphatic heterocycles. The van der Waals surface area contributed by atoms with Gasteiger partial charge in [-0.2, -0.15) is 0 Å². The number of thiophene rings is 2. The molecule has 1 N–H and O–H groups in total. The molecule has 0 fully saturated rings. The fraction of sp³-hybridized carbons (Fsp3) is 0.273. The lowest BCUT2D eigenvalue weighted by molar-refractivity contribution is 0.706. The lowest BCUT2D eigenvalue weighted by Gasteiger charge is -2.12. The molecule has 0 saturated carbocycles. The summed E-state index contributed by atoms with van der Waals surface area (Å²) in [7, 11) is 1.98. The minimum atomic E-state index is 0.260. The standard InChI is InChI=1S/C11H11ClINS2/c1-6-3-8(16-11(6)12)10(14-2)7-4-9(13)15-5-7/h3-5,10,14H,1-2H3. The molecule has 2 heterocycles. The predicted octanol–water partition coefficient (Wildman–Crippen LogP) is 4.68. The Morgan fingerprint density at radius 1 is 1.44 bits per heavy atom. The smallest absolute Gasteiger partial charge is 0.0961 e. The lowest BCUT2D eigenvalue weighted by Crippen LogP contribution is -2.15. The van der Waals surface area contributed by atoms with Gasteiger partial charge in [0, 0.05) is 4.88 Å². The zero-order valence-corrected chi connectivity index (χ0v) is 13.4. The molecule has 1 atom stereocenters. The van der Waals surface area contributed by atoms with Gasteiger partial charge in [-0.15, -0.1) is 22.7 Å². The molecule has 0 spiro atoms. The van der Waals surface area contributed by atoms with Gasteiger partial charge < -0.3 is 5.32 Å². The average Bonchev–Trinajstić information content (AvgIpc) is 2.77. The van der Waals surface area contributed by atoms with Crippen LogP contribution in [0.5, 0.6) is 0 Å². The molecular formula is C11H11ClINS2. The summed E-state index contributed by atoms with van der Waals surface area (Å²) >= 11 is 11.9. The minimum absolute atomic E-state index is 0.260. The largest absolute Gasteiger partial charge is 0.309 e. The minimum Gasteiger partial charge on any atom is -0.309 e. The molecule has 0 aromatic carbocycles. The van der Waals surface area contributed by atoms with E-state index in [1.807, 2.05) is 14.0 Å². The summed E-state index contributed by atoms with van der Waals surface area (Å²) in [6.07, 6.45) is 0. The summed E-state index contributed by atoms with van der Waals surface area (Å²) in [5.41, 5.74) is 2.47. The van der Waals surface area contributed by atoms with Crippen molar-refractivity contribution in [1.82, 2.24) is 5.32 Å². The molecule has 1 unspecified atom stereocenters. The SMILES string of the molecule is CNC(c1csc(I)c1)c1cc(C)c(Cl)s1. The Hall–Kier alpha value is 0.380. The van der Waals surface area contributed by atoms with E-state index in [9.17, 15) is 0 Å². The first-order chi connectivity index (χ1) is 7.61. The van der Waals surface area contributed by atoms with Gasteiger partial charge in [-0.1, -0.05) is 11.6 Å². The number of halogens is 2. The Balaban J connectivity index is 2.36. The van der Waals surface area contributed by atoms with Crippen molar-refractivity contribution in [2.45, 2.75) is 13.0 Å². The molecule has 1 nitrogen and oxygen atoms in total. The summed E-state index contributed by atoms with van der Waals surface area (Å²) in [4.78, 5) is 1.28. The van der Waals surface area contributed by atoms with Gasteiger partial charge in [0.25, 0.3) is 0 Å². The van der Waals surface area contributed by atoms with Crippen LogP contribution < -0.4 is 5.32 Å². The van der Waals surface area contributed by atoms with Crippen LogP contribution in [-0.2, 0) is 0 Å². The summed E-state index contributed by atoms with van der Waals surface area (Å²) < 4.78 is 2.20. The Kier molecular flexibility index (Phi) is 4.29. The van der Waals surface area contributed by atoms with Crippen LogP contribution >= 0.6 is 56.9 Å². The summed E-state index contributed by atoms with van der Waals surface area (Å²) in [6, 6.07) is 4.64. The molecule has 86 valence electrons. The maximum absolute atomic E-state index is 6.11. The van der Waals surface area contributed by atoms with Crippen molar-refractivity contribution in [3.8, 4) is 0 Å². The molecule has 0 saturated heterocycles. The Morgan fingerprint density at radius 3 is 2.62 bits per heavy atom. The third kappa shape index (κ3) is 2.61. The average molecular weight is 384 g/mol. The molecule has 16 heavy (non-hydrogen) atoms. The molecule has 5 heteroatoms. The van der Waals surface area contributed by atoms with E-state index in [0.29, 0.717) is 0 Å². The maximum Gasteiger partial charge on any atom is 0.0961 e. The van der Waals surface area contributed by atoms with Crippen LogP contribution in [0.15, 0.2) is 17.5 Å². The fourth-order valence-electron chi connectivity index (χ4n) is 1.57. The van der Waals surface area contributed by atoms with Crippen LogP contribution in [-0.4, -0.2) is 7.05 Å². The lowest BCUT2D eigenvalue weighted by atomic mass is 10.1. The number of aryl methyl sites for hydroxylation is 1. The van der Waals surface area contributed by atoms with E-state index >= 15 is 0 Å².